The molecule has 0 fully saturated rings. The summed E-state index contributed by atoms with van der Waals surface area (Å²) < 4.78 is 40.6. The van der Waals surface area contributed by atoms with E-state index in [0.717, 1.165) is 0 Å². The maximum absolute atomic E-state index is 13.5. The third-order valence-electron chi connectivity index (χ3n) is 2.92. The Morgan fingerprint density at radius 2 is 1.68 bits per heavy atom. The van der Waals surface area contributed by atoms with Crippen LogP contribution in [0.2, 0.25) is 5.02 Å². The van der Waals surface area contributed by atoms with E-state index in [2.05, 4.69) is 0 Å². The van der Waals surface area contributed by atoms with E-state index in [1.165, 1.54) is 24.3 Å². The van der Waals surface area contributed by atoms with Crippen molar-refractivity contribution in [2.75, 3.05) is 0 Å². The molecule has 0 saturated heterocycles. The summed E-state index contributed by atoms with van der Waals surface area (Å²) in [6, 6.07) is 4.38. The first-order valence-electron chi connectivity index (χ1n) is 5.59. The van der Waals surface area contributed by atoms with Gasteiger partial charge in [-0.2, -0.15) is 13.2 Å². The Bertz CT molecular complexity index is 558. The van der Waals surface area contributed by atoms with Crippen LogP contribution in [-0.2, 0) is 0 Å². The molecule has 0 saturated carbocycles. The van der Waals surface area contributed by atoms with Crippen molar-refractivity contribution in [1.82, 2.24) is 0 Å². The average Bonchev–Trinajstić information content (AvgIpc) is 2.51. The standard InChI is InChI=1S/C13H13Cl2F3S/c1-12(2,3)11-7-8-6-9(14)4-5-10(8)19(11,15)13(16,17)18/h4-7H,1-3H3. The number of allylic oxidation sites excluding steroid dienone is 1. The van der Waals surface area contributed by atoms with Gasteiger partial charge in [-0.1, -0.05) is 32.4 Å². The summed E-state index contributed by atoms with van der Waals surface area (Å²) in [6.45, 7) is 5.21. The van der Waals surface area contributed by atoms with Crippen LogP contribution in [-0.4, -0.2) is 5.51 Å². The smallest absolute Gasteiger partial charge is 0.160 e. The zero-order chi connectivity index (χ0) is 14.6. The third-order valence-corrected chi connectivity index (χ3v) is 7.63. The van der Waals surface area contributed by atoms with Gasteiger partial charge in [-0.05, 0) is 60.1 Å². The molecule has 1 aromatic rings. The Morgan fingerprint density at radius 1 is 1.11 bits per heavy atom. The molecule has 2 rings (SSSR count). The molecule has 106 valence electrons. The highest BCUT2D eigenvalue weighted by molar-refractivity contribution is 8.54. The maximum atomic E-state index is 13.5. The predicted molar refractivity (Wildman–Crippen MR) is 76.6 cm³/mol. The summed E-state index contributed by atoms with van der Waals surface area (Å²) in [5, 5.41) is 0.408. The van der Waals surface area contributed by atoms with Crippen molar-refractivity contribution in [3.8, 4) is 0 Å². The first-order valence-corrected chi connectivity index (χ1v) is 8.43. The van der Waals surface area contributed by atoms with E-state index in [1.54, 1.807) is 20.8 Å². The van der Waals surface area contributed by atoms with E-state index in [9.17, 15) is 13.2 Å². The van der Waals surface area contributed by atoms with Crippen molar-refractivity contribution in [3.63, 3.8) is 0 Å². The van der Waals surface area contributed by atoms with Gasteiger partial charge in [0.2, 0.25) is 0 Å². The summed E-state index contributed by atoms with van der Waals surface area (Å²) in [5.41, 5.74) is -4.66. The second-order valence-electron chi connectivity index (χ2n) is 5.42. The Hall–Kier alpha value is -0.320. The topological polar surface area (TPSA) is 0 Å². The lowest BCUT2D eigenvalue weighted by Gasteiger charge is -2.39. The molecule has 1 atom stereocenters. The Kier molecular flexibility index (Phi) is 3.44. The summed E-state index contributed by atoms with van der Waals surface area (Å²) in [7, 11) is 2.61. The number of benzene rings is 1. The van der Waals surface area contributed by atoms with Crippen LogP contribution in [0.4, 0.5) is 13.2 Å². The molecule has 0 radical (unpaired) electrons. The molecule has 0 spiro atoms. The van der Waals surface area contributed by atoms with Crippen LogP contribution in [0.15, 0.2) is 28.0 Å². The van der Waals surface area contributed by atoms with Crippen LogP contribution in [0.3, 0.4) is 0 Å². The van der Waals surface area contributed by atoms with Gasteiger partial charge in [-0.15, -0.1) is 0 Å². The largest absolute Gasteiger partial charge is 0.445 e. The molecule has 0 aromatic heterocycles. The minimum atomic E-state index is -4.48. The number of hydrogen-bond donors (Lipinski definition) is 0. The maximum Gasteiger partial charge on any atom is 0.445 e. The summed E-state index contributed by atoms with van der Waals surface area (Å²) in [5.74, 6) is 0. The Labute approximate surface area is 121 Å². The average molecular weight is 329 g/mol. The van der Waals surface area contributed by atoms with Crippen LogP contribution in [0.1, 0.15) is 26.3 Å². The molecule has 1 aliphatic heterocycles. The van der Waals surface area contributed by atoms with Gasteiger partial charge in [-0.3, -0.25) is 0 Å². The minimum absolute atomic E-state index is 0.135. The van der Waals surface area contributed by atoms with Gasteiger partial charge in [0.1, 0.15) is 0 Å². The van der Waals surface area contributed by atoms with Crippen LogP contribution in [0, 0.1) is 5.41 Å². The van der Waals surface area contributed by atoms with Gasteiger partial charge in [0.05, 0.1) is 0 Å². The van der Waals surface area contributed by atoms with E-state index in [4.69, 9.17) is 22.3 Å². The van der Waals surface area contributed by atoms with Crippen molar-refractivity contribution >= 4 is 37.6 Å². The molecule has 6 heteroatoms. The fourth-order valence-electron chi connectivity index (χ4n) is 2.12. The highest BCUT2D eigenvalue weighted by Crippen LogP contribution is 2.82. The van der Waals surface area contributed by atoms with Gasteiger partial charge in [0, 0.05) is 9.92 Å². The SMILES string of the molecule is CC(C)(C)C1=Cc2cc(Cl)ccc2S1(Cl)C(F)(F)F. The van der Waals surface area contributed by atoms with E-state index in [-0.39, 0.29) is 9.80 Å². The lowest BCUT2D eigenvalue weighted by molar-refractivity contribution is -0.0362. The summed E-state index contributed by atoms with van der Waals surface area (Å²) in [6.07, 6.45) is 1.54. The van der Waals surface area contributed by atoms with Crippen molar-refractivity contribution in [1.29, 1.82) is 0 Å². The Balaban J connectivity index is 2.74. The molecule has 1 aliphatic rings. The van der Waals surface area contributed by atoms with E-state index in [1.807, 2.05) is 0 Å². The van der Waals surface area contributed by atoms with Crippen LogP contribution in [0.5, 0.6) is 0 Å². The highest BCUT2D eigenvalue weighted by atomic mass is 35.7. The molecule has 19 heavy (non-hydrogen) atoms. The van der Waals surface area contributed by atoms with E-state index >= 15 is 0 Å². The van der Waals surface area contributed by atoms with Crippen molar-refractivity contribution in [2.45, 2.75) is 31.2 Å². The predicted octanol–water partition coefficient (Wildman–Crippen LogP) is 6.58. The molecule has 1 unspecified atom stereocenters. The van der Waals surface area contributed by atoms with Gasteiger partial charge in [-0.25, -0.2) is 0 Å². The lowest BCUT2D eigenvalue weighted by atomic mass is 9.95. The first kappa shape index (κ1) is 15.1. The molecule has 0 bridgehead atoms. The zero-order valence-corrected chi connectivity index (χ0v) is 12.9. The van der Waals surface area contributed by atoms with Gasteiger partial charge in [0.15, 0.2) is 0 Å². The monoisotopic (exact) mass is 328 g/mol. The fourth-order valence-corrected chi connectivity index (χ4v) is 6.11. The number of alkyl halides is 3. The minimum Gasteiger partial charge on any atom is -0.160 e. The quantitative estimate of drug-likeness (QED) is 0.504. The highest BCUT2D eigenvalue weighted by Gasteiger charge is 2.58. The summed E-state index contributed by atoms with van der Waals surface area (Å²) in [4.78, 5) is 0.363. The van der Waals surface area contributed by atoms with Crippen molar-refractivity contribution in [3.05, 3.63) is 33.7 Å². The van der Waals surface area contributed by atoms with Crippen molar-refractivity contribution in [2.24, 2.45) is 5.41 Å². The Morgan fingerprint density at radius 3 is 2.16 bits per heavy atom. The van der Waals surface area contributed by atoms with Crippen LogP contribution in [0.25, 0.3) is 6.08 Å². The second-order valence-corrected chi connectivity index (χ2v) is 9.67. The molecule has 0 amide bonds. The second kappa shape index (κ2) is 4.34. The zero-order valence-electron chi connectivity index (χ0n) is 10.6. The molecule has 0 aliphatic carbocycles. The normalized spacial score (nSPS) is 26.6. The summed E-state index contributed by atoms with van der Waals surface area (Å²) >= 11 is 5.85. The molecule has 1 aromatic carbocycles. The number of halogens is 5. The molecular formula is C13H13Cl2F3S. The van der Waals surface area contributed by atoms with Gasteiger partial charge < -0.3 is 0 Å². The lowest BCUT2D eigenvalue weighted by Crippen LogP contribution is -2.22. The molecule has 0 N–H and O–H groups in total. The van der Waals surface area contributed by atoms with Crippen LogP contribution < -0.4 is 0 Å². The third kappa shape index (κ3) is 2.28. The van der Waals surface area contributed by atoms with Gasteiger partial charge in [0.25, 0.3) is 0 Å². The number of hydrogen-bond acceptors (Lipinski definition) is 0. The first-order chi connectivity index (χ1) is 8.48. The number of fused-ring (bicyclic) bond motifs is 1. The molecular weight excluding hydrogens is 316 g/mol. The molecule has 1 heterocycles. The van der Waals surface area contributed by atoms with Gasteiger partial charge >= 0.3 is 5.51 Å². The van der Waals surface area contributed by atoms with Crippen molar-refractivity contribution < 1.29 is 13.2 Å². The van der Waals surface area contributed by atoms with E-state index in [0.29, 0.717) is 10.6 Å². The number of rotatable bonds is 0. The molecule has 0 nitrogen and oxygen atoms in total. The van der Waals surface area contributed by atoms with E-state index < -0.39 is 20.2 Å². The van der Waals surface area contributed by atoms with Crippen LogP contribution >= 0.6 is 31.5 Å². The fraction of sp³-hybridized carbons (Fsp3) is 0.385.